The average Bonchev–Trinajstić information content (AvgIpc) is 2.37. The maximum absolute atomic E-state index is 3.28. The van der Waals surface area contributed by atoms with E-state index in [1.165, 1.54) is 32.4 Å². The summed E-state index contributed by atoms with van der Waals surface area (Å²) in [5, 5.41) is 3.28. The molecule has 1 aromatic carbocycles. The van der Waals surface area contributed by atoms with E-state index in [0.717, 1.165) is 0 Å². The van der Waals surface area contributed by atoms with Crippen molar-refractivity contribution >= 4 is 0 Å². The highest BCUT2D eigenvalue weighted by molar-refractivity contribution is 4.99. The molecule has 0 spiro atoms. The number of hydrogen-bond donors (Lipinski definition) is 1. The Morgan fingerprint density at radius 2 is 1.00 bits per heavy atom. The van der Waals surface area contributed by atoms with Crippen molar-refractivity contribution < 1.29 is 0 Å². The minimum Gasteiger partial charge on any atom is -0.317 e. The summed E-state index contributed by atoms with van der Waals surface area (Å²) < 4.78 is 0. The van der Waals surface area contributed by atoms with E-state index in [1.807, 2.05) is 50.2 Å². The van der Waals surface area contributed by atoms with Crippen molar-refractivity contribution in [1.29, 1.82) is 0 Å². The molecule has 1 heteroatoms. The van der Waals surface area contributed by atoms with E-state index in [9.17, 15) is 0 Å². The highest BCUT2D eigenvalue weighted by Crippen LogP contribution is 1.96. The SMILES string of the molecule is C1CCNCC1.CC.c1ccccc1. The molecule has 1 aliphatic rings. The van der Waals surface area contributed by atoms with Gasteiger partial charge in [0.15, 0.2) is 0 Å². The summed E-state index contributed by atoms with van der Waals surface area (Å²) >= 11 is 0. The van der Waals surface area contributed by atoms with Gasteiger partial charge in [0, 0.05) is 0 Å². The number of benzene rings is 1. The zero-order valence-electron chi connectivity index (χ0n) is 9.50. The number of piperidine rings is 1. The van der Waals surface area contributed by atoms with Crippen LogP contribution in [0.1, 0.15) is 33.1 Å². The van der Waals surface area contributed by atoms with Gasteiger partial charge in [-0.2, -0.15) is 0 Å². The quantitative estimate of drug-likeness (QED) is 0.665. The fourth-order valence-electron chi connectivity index (χ4n) is 1.19. The average molecular weight is 193 g/mol. The number of rotatable bonds is 0. The standard InChI is InChI=1S/C6H6.C5H11N.C2H6/c2*1-2-4-6-5-3-1;1-2/h1-6H;6H,1-5H2;1-2H3. The molecular weight excluding hydrogens is 170 g/mol. The van der Waals surface area contributed by atoms with Crippen molar-refractivity contribution in [3.63, 3.8) is 0 Å². The van der Waals surface area contributed by atoms with E-state index >= 15 is 0 Å². The molecule has 0 aliphatic carbocycles. The van der Waals surface area contributed by atoms with Crippen LogP contribution < -0.4 is 5.32 Å². The van der Waals surface area contributed by atoms with Crippen LogP contribution in [0.15, 0.2) is 36.4 Å². The van der Waals surface area contributed by atoms with Crippen LogP contribution in [0, 0.1) is 0 Å². The van der Waals surface area contributed by atoms with Crippen LogP contribution in [0.3, 0.4) is 0 Å². The van der Waals surface area contributed by atoms with E-state index < -0.39 is 0 Å². The van der Waals surface area contributed by atoms with Gasteiger partial charge in [-0.3, -0.25) is 0 Å². The molecule has 80 valence electrons. The largest absolute Gasteiger partial charge is 0.317 e. The lowest BCUT2D eigenvalue weighted by Crippen LogP contribution is -2.21. The smallest absolute Gasteiger partial charge is 0.00489 e. The van der Waals surface area contributed by atoms with Gasteiger partial charge in [-0.1, -0.05) is 56.7 Å². The Morgan fingerprint density at radius 1 is 0.643 bits per heavy atom. The summed E-state index contributed by atoms with van der Waals surface area (Å²) in [6.07, 6.45) is 4.22. The fraction of sp³-hybridized carbons (Fsp3) is 0.538. The molecule has 2 rings (SSSR count). The normalized spacial score (nSPS) is 14.1. The second kappa shape index (κ2) is 12.2. The molecular formula is C13H23N. The predicted octanol–water partition coefficient (Wildman–Crippen LogP) is 3.47. The van der Waals surface area contributed by atoms with Crippen LogP contribution >= 0.6 is 0 Å². The summed E-state index contributed by atoms with van der Waals surface area (Å²) in [4.78, 5) is 0. The summed E-state index contributed by atoms with van der Waals surface area (Å²) in [7, 11) is 0. The van der Waals surface area contributed by atoms with Crippen LogP contribution in [0.25, 0.3) is 0 Å². The molecule has 1 heterocycles. The third-order valence-corrected chi connectivity index (χ3v) is 1.87. The Hall–Kier alpha value is -0.820. The zero-order chi connectivity index (χ0) is 10.5. The van der Waals surface area contributed by atoms with Crippen molar-refractivity contribution in [2.24, 2.45) is 0 Å². The van der Waals surface area contributed by atoms with Gasteiger partial charge in [0.05, 0.1) is 0 Å². The molecule has 1 aliphatic heterocycles. The first-order chi connectivity index (χ1) is 7.00. The maximum atomic E-state index is 3.28. The minimum atomic E-state index is 1.25. The van der Waals surface area contributed by atoms with Gasteiger partial charge >= 0.3 is 0 Å². The lowest BCUT2D eigenvalue weighted by atomic mass is 10.2. The number of nitrogens with one attached hydrogen (secondary N) is 1. The molecule has 1 saturated heterocycles. The number of hydrogen-bond acceptors (Lipinski definition) is 1. The Balaban J connectivity index is 0.000000206. The van der Waals surface area contributed by atoms with Gasteiger partial charge in [-0.25, -0.2) is 0 Å². The molecule has 0 bridgehead atoms. The van der Waals surface area contributed by atoms with Crippen LogP contribution in [0.2, 0.25) is 0 Å². The Bertz CT molecular complexity index is 130. The summed E-state index contributed by atoms with van der Waals surface area (Å²) in [6.45, 7) is 6.50. The van der Waals surface area contributed by atoms with Gasteiger partial charge in [0.25, 0.3) is 0 Å². The molecule has 1 fully saturated rings. The maximum Gasteiger partial charge on any atom is -0.00489 e. The molecule has 0 radical (unpaired) electrons. The molecule has 0 saturated carbocycles. The Kier molecular flexibility index (Phi) is 11.5. The van der Waals surface area contributed by atoms with E-state index in [0.29, 0.717) is 0 Å². The lowest BCUT2D eigenvalue weighted by Gasteiger charge is -2.08. The van der Waals surface area contributed by atoms with Crippen LogP contribution in [0.5, 0.6) is 0 Å². The highest BCUT2D eigenvalue weighted by Gasteiger charge is 1.93. The summed E-state index contributed by atoms with van der Waals surface area (Å²) in [6, 6.07) is 12.0. The molecule has 0 amide bonds. The third kappa shape index (κ3) is 9.27. The molecule has 1 nitrogen and oxygen atoms in total. The second-order valence-corrected chi connectivity index (χ2v) is 2.97. The zero-order valence-corrected chi connectivity index (χ0v) is 9.50. The minimum absolute atomic E-state index is 1.25. The first-order valence-corrected chi connectivity index (χ1v) is 5.71. The van der Waals surface area contributed by atoms with E-state index in [-0.39, 0.29) is 0 Å². The third-order valence-electron chi connectivity index (χ3n) is 1.87. The highest BCUT2D eigenvalue weighted by atomic mass is 14.9. The molecule has 1 N–H and O–H groups in total. The van der Waals surface area contributed by atoms with Gasteiger partial charge in [-0.05, 0) is 25.9 Å². The van der Waals surface area contributed by atoms with Gasteiger partial charge < -0.3 is 5.32 Å². The Morgan fingerprint density at radius 3 is 1.14 bits per heavy atom. The van der Waals surface area contributed by atoms with Gasteiger partial charge in [-0.15, -0.1) is 0 Å². The molecule has 0 unspecified atom stereocenters. The van der Waals surface area contributed by atoms with Crippen molar-refractivity contribution in [2.45, 2.75) is 33.1 Å². The van der Waals surface area contributed by atoms with E-state index in [2.05, 4.69) is 5.32 Å². The van der Waals surface area contributed by atoms with Gasteiger partial charge in [0.1, 0.15) is 0 Å². The van der Waals surface area contributed by atoms with Crippen LogP contribution in [-0.2, 0) is 0 Å². The van der Waals surface area contributed by atoms with Crippen molar-refractivity contribution in [3.05, 3.63) is 36.4 Å². The van der Waals surface area contributed by atoms with Crippen LogP contribution in [-0.4, -0.2) is 13.1 Å². The van der Waals surface area contributed by atoms with E-state index in [1.54, 1.807) is 0 Å². The summed E-state index contributed by atoms with van der Waals surface area (Å²) in [5.74, 6) is 0. The van der Waals surface area contributed by atoms with Gasteiger partial charge in [0.2, 0.25) is 0 Å². The molecule has 0 atom stereocenters. The van der Waals surface area contributed by atoms with Crippen molar-refractivity contribution in [1.82, 2.24) is 5.32 Å². The molecule has 1 aromatic rings. The first-order valence-electron chi connectivity index (χ1n) is 5.71. The monoisotopic (exact) mass is 193 g/mol. The predicted molar refractivity (Wildman–Crippen MR) is 64.5 cm³/mol. The summed E-state index contributed by atoms with van der Waals surface area (Å²) in [5.41, 5.74) is 0. The van der Waals surface area contributed by atoms with Crippen LogP contribution in [0.4, 0.5) is 0 Å². The topological polar surface area (TPSA) is 12.0 Å². The first kappa shape index (κ1) is 13.2. The fourth-order valence-corrected chi connectivity index (χ4v) is 1.19. The Labute approximate surface area is 88.5 Å². The molecule has 0 aromatic heterocycles. The van der Waals surface area contributed by atoms with Crippen molar-refractivity contribution in [3.8, 4) is 0 Å². The van der Waals surface area contributed by atoms with E-state index in [4.69, 9.17) is 0 Å². The molecule has 14 heavy (non-hydrogen) atoms. The van der Waals surface area contributed by atoms with Crippen molar-refractivity contribution in [2.75, 3.05) is 13.1 Å². The lowest BCUT2D eigenvalue weighted by molar-refractivity contribution is 0.520. The second-order valence-electron chi connectivity index (χ2n) is 2.97.